The van der Waals surface area contributed by atoms with Gasteiger partial charge in [0.15, 0.2) is 0 Å². The van der Waals surface area contributed by atoms with Crippen LogP contribution in [-0.4, -0.2) is 35.2 Å². The molecule has 2 rings (SSSR count). The van der Waals surface area contributed by atoms with E-state index in [0.29, 0.717) is 26.1 Å². The maximum atomic E-state index is 11.4. The molecule has 0 bridgehead atoms. The van der Waals surface area contributed by atoms with E-state index < -0.39 is 6.10 Å². The summed E-state index contributed by atoms with van der Waals surface area (Å²) in [6, 6.07) is 5.82. The lowest BCUT2D eigenvalue weighted by molar-refractivity contribution is -0.147. The molecule has 2 aromatic heterocycles. The van der Waals surface area contributed by atoms with Crippen LogP contribution in [0, 0.1) is 0 Å². The molecule has 0 aliphatic rings. The zero-order valence-electron chi connectivity index (χ0n) is 13.3. The molecule has 2 heterocycles. The average molecular weight is 337 g/mol. The fraction of sp³-hybridized carbons (Fsp3) is 0.471. The molecule has 0 radical (unpaired) electrons. The second-order valence-electron chi connectivity index (χ2n) is 5.47. The number of rotatable bonds is 10. The van der Waals surface area contributed by atoms with Crippen LogP contribution in [0.2, 0.25) is 0 Å². The summed E-state index contributed by atoms with van der Waals surface area (Å²) in [4.78, 5) is 13.5. The largest absolute Gasteiger partial charge is 0.468 e. The normalized spacial score (nSPS) is 12.5. The maximum Gasteiger partial charge on any atom is 0.305 e. The smallest absolute Gasteiger partial charge is 0.305 e. The van der Waals surface area contributed by atoms with Gasteiger partial charge in [0, 0.05) is 19.5 Å². The van der Waals surface area contributed by atoms with Gasteiger partial charge in [-0.05, 0) is 40.9 Å². The molecule has 0 fully saturated rings. The minimum atomic E-state index is -0.718. The van der Waals surface area contributed by atoms with Crippen LogP contribution < -0.4 is 0 Å². The number of thiophene rings is 1. The highest BCUT2D eigenvalue weighted by atomic mass is 32.1. The first-order valence-electron chi connectivity index (χ1n) is 7.77. The zero-order chi connectivity index (χ0) is 16.5. The van der Waals surface area contributed by atoms with Crippen molar-refractivity contribution in [3.63, 3.8) is 0 Å². The van der Waals surface area contributed by atoms with Crippen molar-refractivity contribution in [2.75, 3.05) is 13.2 Å². The fourth-order valence-corrected chi connectivity index (χ4v) is 2.92. The van der Waals surface area contributed by atoms with Crippen LogP contribution in [-0.2, 0) is 22.6 Å². The number of aliphatic hydroxyl groups is 1. The van der Waals surface area contributed by atoms with Crippen molar-refractivity contribution >= 4 is 17.3 Å². The fourth-order valence-electron chi connectivity index (χ4n) is 2.26. The van der Waals surface area contributed by atoms with Crippen LogP contribution in [0.3, 0.4) is 0 Å². The molecule has 0 saturated heterocycles. The molecule has 126 valence electrons. The molecule has 2 aromatic rings. The molecule has 1 N–H and O–H groups in total. The van der Waals surface area contributed by atoms with Gasteiger partial charge in [-0.25, -0.2) is 0 Å². The molecule has 0 aromatic carbocycles. The Kier molecular flexibility index (Phi) is 7.32. The summed E-state index contributed by atoms with van der Waals surface area (Å²) in [5.41, 5.74) is 1.19. The summed E-state index contributed by atoms with van der Waals surface area (Å²) in [7, 11) is 0. The summed E-state index contributed by atoms with van der Waals surface area (Å²) in [6.07, 6.45) is 2.06. The van der Waals surface area contributed by atoms with Crippen molar-refractivity contribution in [2.24, 2.45) is 0 Å². The number of hydrogen-bond donors (Lipinski definition) is 1. The highest BCUT2D eigenvalue weighted by Gasteiger charge is 2.16. The number of esters is 1. The number of carbonyl (C=O) groups is 1. The molecule has 0 aliphatic heterocycles. The van der Waals surface area contributed by atoms with Crippen molar-refractivity contribution in [1.29, 1.82) is 0 Å². The Bertz CT molecular complexity index is 517. The van der Waals surface area contributed by atoms with Gasteiger partial charge in [0.25, 0.3) is 0 Å². The van der Waals surface area contributed by atoms with Gasteiger partial charge in [0.2, 0.25) is 0 Å². The van der Waals surface area contributed by atoms with Gasteiger partial charge >= 0.3 is 5.97 Å². The van der Waals surface area contributed by atoms with Crippen molar-refractivity contribution in [1.82, 2.24) is 4.90 Å². The molecular weight excluding hydrogens is 314 g/mol. The summed E-state index contributed by atoms with van der Waals surface area (Å²) < 4.78 is 10.5. The van der Waals surface area contributed by atoms with Gasteiger partial charge < -0.3 is 14.3 Å². The van der Waals surface area contributed by atoms with Crippen LogP contribution in [0.1, 0.15) is 31.1 Å². The Balaban J connectivity index is 1.86. The number of furan rings is 1. The van der Waals surface area contributed by atoms with Crippen LogP contribution in [0.15, 0.2) is 39.6 Å². The third-order valence-electron chi connectivity index (χ3n) is 3.31. The maximum absolute atomic E-state index is 11.4. The summed E-state index contributed by atoms with van der Waals surface area (Å²) in [6.45, 7) is 3.67. The quantitative estimate of drug-likeness (QED) is 0.675. The number of hydrogen-bond acceptors (Lipinski definition) is 6. The molecule has 0 saturated carbocycles. The van der Waals surface area contributed by atoms with E-state index in [4.69, 9.17) is 9.15 Å². The third kappa shape index (κ3) is 6.56. The number of ether oxygens (including phenoxy) is 1. The predicted molar refractivity (Wildman–Crippen MR) is 89.0 cm³/mol. The third-order valence-corrected chi connectivity index (χ3v) is 4.04. The van der Waals surface area contributed by atoms with Gasteiger partial charge in [-0.1, -0.05) is 6.92 Å². The Morgan fingerprint density at radius 3 is 2.96 bits per heavy atom. The first kappa shape index (κ1) is 17.7. The minimum Gasteiger partial charge on any atom is -0.468 e. The number of nitrogens with zero attached hydrogens (tertiary/aromatic N) is 1. The van der Waals surface area contributed by atoms with Crippen LogP contribution in [0.25, 0.3) is 0 Å². The molecule has 23 heavy (non-hydrogen) atoms. The second-order valence-corrected chi connectivity index (χ2v) is 6.25. The van der Waals surface area contributed by atoms with Gasteiger partial charge in [-0.3, -0.25) is 9.69 Å². The molecule has 1 unspecified atom stereocenters. The standard InChI is InChI=1S/C17H23NO4S/c1-2-4-17(20)22-12-15(19)10-18(9-14-6-8-23-13-14)11-16-5-3-7-21-16/h3,5-8,13,15,19H,2,4,9-12H2,1H3. The van der Waals surface area contributed by atoms with Gasteiger partial charge in [0.05, 0.1) is 12.8 Å². The van der Waals surface area contributed by atoms with E-state index in [2.05, 4.69) is 16.3 Å². The number of aliphatic hydroxyl groups excluding tert-OH is 1. The van der Waals surface area contributed by atoms with Crippen molar-refractivity contribution in [3.05, 3.63) is 46.5 Å². The second kappa shape index (κ2) is 9.50. The SMILES string of the molecule is CCCC(=O)OCC(O)CN(Cc1ccsc1)Cc1ccco1. The number of carbonyl (C=O) groups excluding carboxylic acids is 1. The Morgan fingerprint density at radius 2 is 2.30 bits per heavy atom. The summed E-state index contributed by atoms with van der Waals surface area (Å²) in [5.74, 6) is 0.581. The van der Waals surface area contributed by atoms with E-state index in [1.54, 1.807) is 17.6 Å². The highest BCUT2D eigenvalue weighted by molar-refractivity contribution is 7.07. The van der Waals surface area contributed by atoms with E-state index in [1.165, 1.54) is 5.56 Å². The molecule has 0 spiro atoms. The van der Waals surface area contributed by atoms with Gasteiger partial charge in [0.1, 0.15) is 18.5 Å². The van der Waals surface area contributed by atoms with Gasteiger partial charge in [-0.15, -0.1) is 0 Å². The van der Waals surface area contributed by atoms with E-state index in [0.717, 1.165) is 12.2 Å². The first-order chi connectivity index (χ1) is 11.2. The topological polar surface area (TPSA) is 62.9 Å². The van der Waals surface area contributed by atoms with Gasteiger partial charge in [-0.2, -0.15) is 11.3 Å². The Labute approximate surface area is 140 Å². The monoisotopic (exact) mass is 337 g/mol. The predicted octanol–water partition coefficient (Wildman–Crippen LogP) is 3.05. The Morgan fingerprint density at radius 1 is 1.43 bits per heavy atom. The van der Waals surface area contributed by atoms with E-state index in [9.17, 15) is 9.90 Å². The molecule has 6 heteroatoms. The summed E-state index contributed by atoms with van der Waals surface area (Å²) >= 11 is 1.65. The molecular formula is C17H23NO4S. The lowest BCUT2D eigenvalue weighted by Gasteiger charge is -2.23. The Hall–Kier alpha value is -1.63. The molecule has 1 atom stereocenters. The average Bonchev–Trinajstić information content (AvgIpc) is 3.19. The molecule has 5 nitrogen and oxygen atoms in total. The molecule has 0 aliphatic carbocycles. The summed E-state index contributed by atoms with van der Waals surface area (Å²) in [5, 5.41) is 14.3. The van der Waals surface area contributed by atoms with Crippen molar-refractivity contribution < 1.29 is 19.1 Å². The van der Waals surface area contributed by atoms with E-state index >= 15 is 0 Å². The minimum absolute atomic E-state index is 0.0249. The first-order valence-corrected chi connectivity index (χ1v) is 8.71. The van der Waals surface area contributed by atoms with E-state index in [-0.39, 0.29) is 12.6 Å². The van der Waals surface area contributed by atoms with Crippen molar-refractivity contribution in [2.45, 2.75) is 39.0 Å². The molecule has 0 amide bonds. The lowest BCUT2D eigenvalue weighted by Crippen LogP contribution is -2.34. The van der Waals surface area contributed by atoms with E-state index in [1.807, 2.05) is 24.4 Å². The zero-order valence-corrected chi connectivity index (χ0v) is 14.1. The lowest BCUT2D eigenvalue weighted by atomic mass is 10.2. The highest BCUT2D eigenvalue weighted by Crippen LogP contribution is 2.13. The van der Waals surface area contributed by atoms with Crippen LogP contribution in [0.4, 0.5) is 0 Å². The van der Waals surface area contributed by atoms with Crippen molar-refractivity contribution in [3.8, 4) is 0 Å². The van der Waals surface area contributed by atoms with Crippen LogP contribution >= 0.6 is 11.3 Å². The van der Waals surface area contributed by atoms with Crippen LogP contribution in [0.5, 0.6) is 0 Å².